The lowest BCUT2D eigenvalue weighted by atomic mass is 10.1. The highest BCUT2D eigenvalue weighted by Gasteiger charge is 2.19. The Bertz CT molecular complexity index is 685. The molecule has 0 unspecified atom stereocenters. The van der Waals surface area contributed by atoms with Crippen LogP contribution in [0.2, 0.25) is 5.02 Å². The maximum Gasteiger partial charge on any atom is 0.230 e. The second kappa shape index (κ2) is 5.13. The maximum absolute atomic E-state index is 7.68. The van der Waals surface area contributed by atoms with Crippen LogP contribution in [-0.2, 0) is 12.8 Å². The van der Waals surface area contributed by atoms with E-state index < -0.39 is 0 Å². The third kappa shape index (κ3) is 2.47. The Morgan fingerprint density at radius 2 is 2.15 bits per heavy atom. The second-order valence-electron chi connectivity index (χ2n) is 4.77. The SMILES string of the molecule is N=C(N)c1cc2c(nc1Oc1cccc(Cl)c1)CCC2. The summed E-state index contributed by atoms with van der Waals surface area (Å²) in [6.07, 6.45) is 3.01. The number of benzene rings is 1. The number of hydrogen-bond acceptors (Lipinski definition) is 3. The molecule has 1 aromatic carbocycles. The largest absolute Gasteiger partial charge is 0.438 e. The standard InChI is InChI=1S/C15H14ClN3O/c16-10-4-2-5-11(8-10)20-15-12(14(17)18)7-9-3-1-6-13(9)19-15/h2,4-5,7-8H,1,3,6H2,(H3,17,18). The minimum Gasteiger partial charge on any atom is -0.438 e. The number of hydrogen-bond donors (Lipinski definition) is 2. The summed E-state index contributed by atoms with van der Waals surface area (Å²) in [6, 6.07) is 9.00. The third-order valence-electron chi connectivity index (χ3n) is 3.32. The molecule has 1 aliphatic carbocycles. The fourth-order valence-corrected chi connectivity index (χ4v) is 2.55. The smallest absolute Gasteiger partial charge is 0.230 e. The molecule has 102 valence electrons. The molecule has 1 aromatic heterocycles. The third-order valence-corrected chi connectivity index (χ3v) is 3.55. The molecule has 3 rings (SSSR count). The Morgan fingerprint density at radius 1 is 1.30 bits per heavy atom. The molecular formula is C15H14ClN3O. The zero-order valence-electron chi connectivity index (χ0n) is 10.8. The number of rotatable bonds is 3. The molecular weight excluding hydrogens is 274 g/mol. The average Bonchev–Trinajstić information content (AvgIpc) is 2.84. The predicted molar refractivity (Wildman–Crippen MR) is 78.8 cm³/mol. The van der Waals surface area contributed by atoms with Crippen molar-refractivity contribution < 1.29 is 4.74 Å². The summed E-state index contributed by atoms with van der Waals surface area (Å²) in [4.78, 5) is 4.51. The van der Waals surface area contributed by atoms with Gasteiger partial charge in [0.15, 0.2) is 0 Å². The van der Waals surface area contributed by atoms with E-state index in [4.69, 9.17) is 27.5 Å². The van der Waals surface area contributed by atoms with Crippen molar-refractivity contribution in [3.05, 3.63) is 52.2 Å². The molecule has 0 radical (unpaired) electrons. The number of aryl methyl sites for hydroxylation is 2. The summed E-state index contributed by atoms with van der Waals surface area (Å²) in [6.45, 7) is 0. The number of pyridine rings is 1. The van der Waals surface area contributed by atoms with Gasteiger partial charge in [-0.2, -0.15) is 0 Å². The summed E-state index contributed by atoms with van der Waals surface area (Å²) in [5, 5.41) is 8.27. The highest BCUT2D eigenvalue weighted by molar-refractivity contribution is 6.30. The van der Waals surface area contributed by atoms with Crippen LogP contribution in [0.3, 0.4) is 0 Å². The van der Waals surface area contributed by atoms with Crippen LogP contribution in [0.5, 0.6) is 11.6 Å². The van der Waals surface area contributed by atoms with E-state index in [1.54, 1.807) is 24.3 Å². The molecule has 0 amide bonds. The molecule has 20 heavy (non-hydrogen) atoms. The van der Waals surface area contributed by atoms with E-state index >= 15 is 0 Å². The van der Waals surface area contributed by atoms with Gasteiger partial charge in [0.1, 0.15) is 11.6 Å². The molecule has 0 aliphatic heterocycles. The fourth-order valence-electron chi connectivity index (χ4n) is 2.37. The number of nitrogens with two attached hydrogens (primary N) is 1. The number of halogens is 1. The van der Waals surface area contributed by atoms with Crippen LogP contribution in [0.1, 0.15) is 23.2 Å². The van der Waals surface area contributed by atoms with Gasteiger partial charge >= 0.3 is 0 Å². The van der Waals surface area contributed by atoms with Crippen molar-refractivity contribution in [2.75, 3.05) is 0 Å². The lowest BCUT2D eigenvalue weighted by Crippen LogP contribution is -2.14. The molecule has 1 aliphatic rings. The van der Waals surface area contributed by atoms with Crippen molar-refractivity contribution >= 4 is 17.4 Å². The first-order chi connectivity index (χ1) is 9.63. The summed E-state index contributed by atoms with van der Waals surface area (Å²) < 4.78 is 5.76. The van der Waals surface area contributed by atoms with Crippen LogP contribution >= 0.6 is 11.6 Å². The van der Waals surface area contributed by atoms with Crippen LogP contribution in [0, 0.1) is 5.41 Å². The summed E-state index contributed by atoms with van der Waals surface area (Å²) in [5.41, 5.74) is 8.36. The number of nitrogen functional groups attached to an aromatic ring is 1. The van der Waals surface area contributed by atoms with Crippen molar-refractivity contribution in [1.82, 2.24) is 4.98 Å². The van der Waals surface area contributed by atoms with Gasteiger partial charge in [-0.1, -0.05) is 17.7 Å². The Labute approximate surface area is 122 Å². The molecule has 2 aromatic rings. The van der Waals surface area contributed by atoms with Gasteiger partial charge in [0.25, 0.3) is 0 Å². The van der Waals surface area contributed by atoms with Crippen LogP contribution in [0.4, 0.5) is 0 Å². The lowest BCUT2D eigenvalue weighted by Gasteiger charge is -2.11. The van der Waals surface area contributed by atoms with Crippen molar-refractivity contribution in [2.45, 2.75) is 19.3 Å². The minimum atomic E-state index is -0.0378. The highest BCUT2D eigenvalue weighted by Crippen LogP contribution is 2.30. The zero-order valence-corrected chi connectivity index (χ0v) is 11.6. The van der Waals surface area contributed by atoms with Crippen molar-refractivity contribution in [3.8, 4) is 11.6 Å². The van der Waals surface area contributed by atoms with Crippen molar-refractivity contribution in [3.63, 3.8) is 0 Å². The number of fused-ring (bicyclic) bond motifs is 1. The quantitative estimate of drug-likeness (QED) is 0.672. The van der Waals surface area contributed by atoms with Crippen molar-refractivity contribution in [2.24, 2.45) is 5.73 Å². The molecule has 5 heteroatoms. The number of ether oxygens (including phenoxy) is 1. The van der Waals surface area contributed by atoms with Gasteiger partial charge in [-0.3, -0.25) is 5.41 Å². The van der Waals surface area contributed by atoms with Gasteiger partial charge in [-0.15, -0.1) is 0 Å². The Balaban J connectivity index is 2.01. The number of nitrogens with zero attached hydrogens (tertiary/aromatic N) is 1. The monoisotopic (exact) mass is 287 g/mol. The Hall–Kier alpha value is -2.07. The Kier molecular flexibility index (Phi) is 3.32. The fraction of sp³-hybridized carbons (Fsp3) is 0.200. The molecule has 0 spiro atoms. The first-order valence-electron chi connectivity index (χ1n) is 6.44. The van der Waals surface area contributed by atoms with Gasteiger partial charge in [0, 0.05) is 10.7 Å². The van der Waals surface area contributed by atoms with Gasteiger partial charge in [0.2, 0.25) is 5.88 Å². The topological polar surface area (TPSA) is 72.0 Å². The molecule has 0 fully saturated rings. The van der Waals surface area contributed by atoms with Gasteiger partial charge in [0.05, 0.1) is 5.56 Å². The molecule has 1 heterocycles. The first-order valence-corrected chi connectivity index (χ1v) is 6.82. The van der Waals surface area contributed by atoms with E-state index in [0.29, 0.717) is 22.2 Å². The number of amidine groups is 1. The maximum atomic E-state index is 7.68. The lowest BCUT2D eigenvalue weighted by molar-refractivity contribution is 0.460. The second-order valence-corrected chi connectivity index (χ2v) is 5.21. The number of nitrogens with one attached hydrogen (secondary N) is 1. The van der Waals surface area contributed by atoms with E-state index in [2.05, 4.69) is 4.98 Å². The molecule has 0 saturated heterocycles. The van der Waals surface area contributed by atoms with Crippen LogP contribution in [0.25, 0.3) is 0 Å². The van der Waals surface area contributed by atoms with E-state index in [0.717, 1.165) is 30.5 Å². The van der Waals surface area contributed by atoms with Gasteiger partial charge < -0.3 is 10.5 Å². The van der Waals surface area contributed by atoms with Crippen LogP contribution in [0.15, 0.2) is 30.3 Å². The minimum absolute atomic E-state index is 0.0378. The van der Waals surface area contributed by atoms with Crippen molar-refractivity contribution in [1.29, 1.82) is 5.41 Å². The van der Waals surface area contributed by atoms with Crippen LogP contribution < -0.4 is 10.5 Å². The summed E-state index contributed by atoms with van der Waals surface area (Å²) >= 11 is 5.94. The van der Waals surface area contributed by atoms with E-state index in [-0.39, 0.29) is 5.84 Å². The zero-order chi connectivity index (χ0) is 14.1. The van der Waals surface area contributed by atoms with Crippen LogP contribution in [-0.4, -0.2) is 10.8 Å². The molecule has 3 N–H and O–H groups in total. The predicted octanol–water partition coefficient (Wildman–Crippen LogP) is 3.30. The molecule has 4 nitrogen and oxygen atoms in total. The number of aromatic nitrogens is 1. The van der Waals surface area contributed by atoms with E-state index in [1.165, 1.54) is 0 Å². The molecule has 0 saturated carbocycles. The first kappa shape index (κ1) is 12.9. The van der Waals surface area contributed by atoms with E-state index in [9.17, 15) is 0 Å². The average molecular weight is 288 g/mol. The van der Waals surface area contributed by atoms with Gasteiger partial charge in [-0.05, 0) is 49.1 Å². The summed E-state index contributed by atoms with van der Waals surface area (Å²) in [7, 11) is 0. The molecule has 0 atom stereocenters. The van der Waals surface area contributed by atoms with Gasteiger partial charge in [-0.25, -0.2) is 4.98 Å². The van der Waals surface area contributed by atoms with E-state index in [1.807, 2.05) is 6.07 Å². The summed E-state index contributed by atoms with van der Waals surface area (Å²) in [5.74, 6) is 0.926. The normalized spacial score (nSPS) is 13.1. The molecule has 0 bridgehead atoms. The Morgan fingerprint density at radius 3 is 2.90 bits per heavy atom. The highest BCUT2D eigenvalue weighted by atomic mass is 35.5.